The van der Waals surface area contributed by atoms with Gasteiger partial charge >= 0.3 is 5.97 Å². The van der Waals surface area contributed by atoms with E-state index in [0.717, 1.165) is 0 Å². The molecule has 0 saturated carbocycles. The zero-order chi connectivity index (χ0) is 12.8. The Bertz CT molecular complexity index is 398. The van der Waals surface area contributed by atoms with Gasteiger partial charge in [-0.2, -0.15) is 0 Å². The molecule has 0 aliphatic rings. The number of hydrogen-bond acceptors (Lipinski definition) is 4. The van der Waals surface area contributed by atoms with Gasteiger partial charge in [0.15, 0.2) is 5.69 Å². The highest BCUT2D eigenvalue weighted by Crippen LogP contribution is 2.17. The number of aromatic carboxylic acids is 1. The van der Waals surface area contributed by atoms with Crippen LogP contribution in [0, 0.1) is 5.92 Å². The van der Waals surface area contributed by atoms with Crippen molar-refractivity contribution in [2.24, 2.45) is 5.92 Å². The molecular formula is C11H15ClN2O3. The Morgan fingerprint density at radius 1 is 1.59 bits per heavy atom. The van der Waals surface area contributed by atoms with Gasteiger partial charge in [0, 0.05) is 13.2 Å². The summed E-state index contributed by atoms with van der Waals surface area (Å²) in [6.07, 6.45) is 0.687. The largest absolute Gasteiger partial charge is 0.476 e. The Morgan fingerprint density at radius 2 is 2.29 bits per heavy atom. The number of hydrogen-bond donors (Lipinski definition) is 3. The molecule has 0 aliphatic carbocycles. The number of pyridine rings is 1. The number of rotatable bonds is 6. The first-order valence-corrected chi connectivity index (χ1v) is 5.67. The number of anilines is 1. The number of nitrogens with zero attached hydrogens (tertiary/aromatic N) is 1. The second-order valence-electron chi connectivity index (χ2n) is 3.83. The second kappa shape index (κ2) is 6.42. The van der Waals surface area contributed by atoms with E-state index in [0.29, 0.717) is 18.8 Å². The molecule has 0 bridgehead atoms. The molecule has 1 heterocycles. The molecule has 1 aromatic heterocycles. The summed E-state index contributed by atoms with van der Waals surface area (Å²) >= 11 is 5.70. The maximum Gasteiger partial charge on any atom is 0.356 e. The SMILES string of the molecule is CC(CCO)CNc1ccc(Cl)c(C(=O)O)n1. The summed E-state index contributed by atoms with van der Waals surface area (Å²) in [5.74, 6) is -0.399. The summed E-state index contributed by atoms with van der Waals surface area (Å²) in [4.78, 5) is 14.7. The number of aliphatic hydroxyl groups is 1. The standard InChI is InChI=1S/C11H15ClN2O3/c1-7(4-5-15)6-13-9-3-2-8(12)10(14-9)11(16)17/h2-3,7,15H,4-6H2,1H3,(H,13,14)(H,16,17). The van der Waals surface area contributed by atoms with Crippen molar-refractivity contribution in [3.8, 4) is 0 Å². The molecule has 6 heteroatoms. The van der Waals surface area contributed by atoms with Crippen LogP contribution in [0.1, 0.15) is 23.8 Å². The first-order valence-electron chi connectivity index (χ1n) is 5.29. The molecule has 0 spiro atoms. The fraction of sp³-hybridized carbons (Fsp3) is 0.455. The highest BCUT2D eigenvalue weighted by atomic mass is 35.5. The third kappa shape index (κ3) is 4.20. The molecule has 1 rings (SSSR count). The number of nitrogens with one attached hydrogen (secondary N) is 1. The van der Waals surface area contributed by atoms with Crippen molar-refractivity contribution in [3.05, 3.63) is 22.8 Å². The molecule has 5 nitrogen and oxygen atoms in total. The van der Waals surface area contributed by atoms with E-state index in [1.807, 2.05) is 6.92 Å². The number of carboxylic acid groups (broad SMARTS) is 1. The van der Waals surface area contributed by atoms with Gasteiger partial charge in [-0.15, -0.1) is 0 Å². The van der Waals surface area contributed by atoms with Gasteiger partial charge in [-0.1, -0.05) is 18.5 Å². The lowest BCUT2D eigenvalue weighted by atomic mass is 10.1. The van der Waals surface area contributed by atoms with E-state index in [1.54, 1.807) is 6.07 Å². The van der Waals surface area contributed by atoms with Gasteiger partial charge in [0.1, 0.15) is 5.82 Å². The fourth-order valence-corrected chi connectivity index (χ4v) is 1.48. The molecule has 0 aliphatic heterocycles. The molecular weight excluding hydrogens is 244 g/mol. The lowest BCUT2D eigenvalue weighted by Gasteiger charge is -2.12. The van der Waals surface area contributed by atoms with Crippen LogP contribution in [0.25, 0.3) is 0 Å². The molecule has 17 heavy (non-hydrogen) atoms. The highest BCUT2D eigenvalue weighted by molar-refractivity contribution is 6.33. The van der Waals surface area contributed by atoms with E-state index in [2.05, 4.69) is 10.3 Å². The summed E-state index contributed by atoms with van der Waals surface area (Å²) in [5.41, 5.74) is -0.161. The zero-order valence-corrected chi connectivity index (χ0v) is 10.2. The van der Waals surface area contributed by atoms with Gasteiger partial charge in [-0.25, -0.2) is 9.78 Å². The summed E-state index contributed by atoms with van der Waals surface area (Å²) < 4.78 is 0. The van der Waals surface area contributed by atoms with Crippen LogP contribution in [-0.4, -0.2) is 34.3 Å². The molecule has 1 unspecified atom stereocenters. The average molecular weight is 259 g/mol. The molecule has 3 N–H and O–H groups in total. The van der Waals surface area contributed by atoms with Gasteiger partial charge in [-0.3, -0.25) is 0 Å². The van der Waals surface area contributed by atoms with Crippen molar-refractivity contribution in [1.82, 2.24) is 4.98 Å². The summed E-state index contributed by atoms with van der Waals surface area (Å²) in [6, 6.07) is 3.12. The maximum atomic E-state index is 10.8. The van der Waals surface area contributed by atoms with Crippen molar-refractivity contribution in [2.45, 2.75) is 13.3 Å². The first-order chi connectivity index (χ1) is 8.04. The molecule has 0 aromatic carbocycles. The van der Waals surface area contributed by atoms with Crippen LogP contribution in [-0.2, 0) is 0 Å². The van der Waals surface area contributed by atoms with Crippen molar-refractivity contribution in [2.75, 3.05) is 18.5 Å². The van der Waals surface area contributed by atoms with Crippen molar-refractivity contribution >= 4 is 23.4 Å². The lowest BCUT2D eigenvalue weighted by molar-refractivity contribution is 0.0691. The van der Waals surface area contributed by atoms with E-state index in [1.165, 1.54) is 6.07 Å². The number of carbonyl (C=O) groups is 1. The average Bonchev–Trinajstić information content (AvgIpc) is 2.28. The number of carboxylic acids is 1. The minimum absolute atomic E-state index is 0.117. The Hall–Kier alpha value is -1.33. The molecule has 0 amide bonds. The van der Waals surface area contributed by atoms with Crippen molar-refractivity contribution < 1.29 is 15.0 Å². The molecule has 0 radical (unpaired) electrons. The van der Waals surface area contributed by atoms with Crippen molar-refractivity contribution in [1.29, 1.82) is 0 Å². The van der Waals surface area contributed by atoms with Crippen LogP contribution in [0.2, 0.25) is 5.02 Å². The fourth-order valence-electron chi connectivity index (χ4n) is 1.29. The van der Waals surface area contributed by atoms with Gasteiger partial charge < -0.3 is 15.5 Å². The smallest absolute Gasteiger partial charge is 0.356 e. The lowest BCUT2D eigenvalue weighted by Crippen LogP contribution is -2.14. The highest BCUT2D eigenvalue weighted by Gasteiger charge is 2.11. The maximum absolute atomic E-state index is 10.8. The van der Waals surface area contributed by atoms with E-state index in [9.17, 15) is 4.79 Å². The Labute approximate surface area is 104 Å². The first kappa shape index (κ1) is 13.7. The number of aromatic nitrogens is 1. The van der Waals surface area contributed by atoms with E-state index in [-0.39, 0.29) is 23.2 Å². The quantitative estimate of drug-likeness (QED) is 0.726. The number of aliphatic hydroxyl groups excluding tert-OH is 1. The predicted molar refractivity (Wildman–Crippen MR) is 65.6 cm³/mol. The summed E-state index contributed by atoms with van der Waals surface area (Å²) in [6.45, 7) is 2.74. The van der Waals surface area contributed by atoms with Crippen LogP contribution >= 0.6 is 11.6 Å². The van der Waals surface area contributed by atoms with Crippen LogP contribution in [0.15, 0.2) is 12.1 Å². The Morgan fingerprint density at radius 3 is 2.88 bits per heavy atom. The van der Waals surface area contributed by atoms with Crippen LogP contribution in [0.3, 0.4) is 0 Å². The van der Waals surface area contributed by atoms with Gasteiger partial charge in [0.05, 0.1) is 5.02 Å². The Balaban J connectivity index is 2.66. The predicted octanol–water partition coefficient (Wildman–Crippen LogP) is 1.86. The van der Waals surface area contributed by atoms with E-state index in [4.69, 9.17) is 21.8 Å². The van der Waals surface area contributed by atoms with Crippen LogP contribution < -0.4 is 5.32 Å². The Kier molecular flexibility index (Phi) is 5.18. The molecule has 0 saturated heterocycles. The minimum Gasteiger partial charge on any atom is -0.476 e. The topological polar surface area (TPSA) is 82.5 Å². The normalized spacial score (nSPS) is 12.2. The van der Waals surface area contributed by atoms with E-state index < -0.39 is 5.97 Å². The van der Waals surface area contributed by atoms with E-state index >= 15 is 0 Å². The van der Waals surface area contributed by atoms with Gasteiger partial charge in [0.2, 0.25) is 0 Å². The van der Waals surface area contributed by atoms with Crippen LogP contribution in [0.5, 0.6) is 0 Å². The molecule has 1 aromatic rings. The molecule has 0 fully saturated rings. The zero-order valence-electron chi connectivity index (χ0n) is 9.48. The second-order valence-corrected chi connectivity index (χ2v) is 4.24. The summed E-state index contributed by atoms with van der Waals surface area (Å²) in [5, 5.41) is 20.7. The van der Waals surface area contributed by atoms with Crippen LogP contribution in [0.4, 0.5) is 5.82 Å². The summed E-state index contributed by atoms with van der Waals surface area (Å²) in [7, 11) is 0. The van der Waals surface area contributed by atoms with Gasteiger partial charge in [0.25, 0.3) is 0 Å². The minimum atomic E-state index is -1.15. The van der Waals surface area contributed by atoms with Gasteiger partial charge in [-0.05, 0) is 24.5 Å². The molecule has 1 atom stereocenters. The third-order valence-corrected chi connectivity index (χ3v) is 2.61. The molecule has 94 valence electrons. The third-order valence-electron chi connectivity index (χ3n) is 2.30. The monoisotopic (exact) mass is 258 g/mol. The number of halogens is 1. The van der Waals surface area contributed by atoms with Crippen molar-refractivity contribution in [3.63, 3.8) is 0 Å².